The van der Waals surface area contributed by atoms with Gasteiger partial charge in [0.2, 0.25) is 0 Å². The van der Waals surface area contributed by atoms with E-state index in [2.05, 4.69) is 17.1 Å². The number of rotatable bonds is 5. The van der Waals surface area contributed by atoms with Crippen molar-refractivity contribution < 1.29 is 4.79 Å². The molecule has 1 aromatic carbocycles. The van der Waals surface area contributed by atoms with Crippen molar-refractivity contribution >= 4 is 5.91 Å². The van der Waals surface area contributed by atoms with Gasteiger partial charge in [0.25, 0.3) is 5.91 Å². The second-order valence-electron chi connectivity index (χ2n) is 5.20. The first kappa shape index (κ1) is 14.0. The summed E-state index contributed by atoms with van der Waals surface area (Å²) in [5, 5.41) is 3.00. The normalized spacial score (nSPS) is 17.4. The average molecular weight is 261 g/mol. The Hall–Kier alpha value is -1.39. The Balaban J connectivity index is 1.82. The molecule has 104 valence electrons. The molecule has 1 saturated heterocycles. The van der Waals surface area contributed by atoms with E-state index < -0.39 is 0 Å². The second-order valence-corrected chi connectivity index (χ2v) is 5.20. The molecule has 1 atom stereocenters. The van der Waals surface area contributed by atoms with Gasteiger partial charge in [-0.2, -0.15) is 0 Å². The summed E-state index contributed by atoms with van der Waals surface area (Å²) in [6, 6.07) is 7.88. The SMILES string of the molecule is CC(CNC(=O)c1ccc(CN)cc1)N1CCCC1. The van der Waals surface area contributed by atoms with Crippen LogP contribution >= 0.6 is 0 Å². The summed E-state index contributed by atoms with van der Waals surface area (Å²) in [7, 11) is 0. The van der Waals surface area contributed by atoms with E-state index in [1.807, 2.05) is 24.3 Å². The van der Waals surface area contributed by atoms with Gasteiger partial charge >= 0.3 is 0 Å². The van der Waals surface area contributed by atoms with Crippen LogP contribution in [0, 0.1) is 0 Å². The summed E-state index contributed by atoms with van der Waals surface area (Å²) >= 11 is 0. The maximum atomic E-state index is 12.0. The predicted octanol–water partition coefficient (Wildman–Crippen LogP) is 1.36. The molecule has 19 heavy (non-hydrogen) atoms. The molecule has 4 heteroatoms. The van der Waals surface area contributed by atoms with Crippen molar-refractivity contribution in [2.45, 2.75) is 32.4 Å². The molecule has 1 fully saturated rings. The number of likely N-dealkylation sites (tertiary alicyclic amines) is 1. The molecule has 1 aromatic rings. The lowest BCUT2D eigenvalue weighted by molar-refractivity contribution is 0.0940. The third-order valence-corrected chi connectivity index (χ3v) is 3.77. The van der Waals surface area contributed by atoms with Gasteiger partial charge in [-0.15, -0.1) is 0 Å². The molecule has 1 heterocycles. The van der Waals surface area contributed by atoms with Crippen LogP contribution in [-0.2, 0) is 6.54 Å². The van der Waals surface area contributed by atoms with Gasteiger partial charge in [-0.3, -0.25) is 9.69 Å². The number of amides is 1. The van der Waals surface area contributed by atoms with Crippen molar-refractivity contribution in [3.05, 3.63) is 35.4 Å². The summed E-state index contributed by atoms with van der Waals surface area (Å²) in [5.74, 6) is -0.00498. The molecule has 0 bridgehead atoms. The molecule has 0 aliphatic carbocycles. The van der Waals surface area contributed by atoms with E-state index in [9.17, 15) is 4.79 Å². The first-order chi connectivity index (χ1) is 9.20. The molecule has 1 unspecified atom stereocenters. The highest BCUT2D eigenvalue weighted by atomic mass is 16.1. The van der Waals surface area contributed by atoms with Crippen molar-refractivity contribution in [3.8, 4) is 0 Å². The Morgan fingerprint density at radius 2 is 1.95 bits per heavy atom. The highest BCUT2D eigenvalue weighted by Crippen LogP contribution is 2.11. The molecule has 1 aliphatic rings. The monoisotopic (exact) mass is 261 g/mol. The van der Waals surface area contributed by atoms with Crippen molar-refractivity contribution in [2.24, 2.45) is 5.73 Å². The zero-order valence-corrected chi connectivity index (χ0v) is 11.6. The summed E-state index contributed by atoms with van der Waals surface area (Å²) in [6.07, 6.45) is 2.55. The van der Waals surface area contributed by atoms with Crippen LogP contribution in [0.3, 0.4) is 0 Å². The lowest BCUT2D eigenvalue weighted by atomic mass is 10.1. The van der Waals surface area contributed by atoms with Crippen LogP contribution in [0.1, 0.15) is 35.7 Å². The van der Waals surface area contributed by atoms with Crippen LogP contribution in [0.4, 0.5) is 0 Å². The van der Waals surface area contributed by atoms with E-state index in [4.69, 9.17) is 5.73 Å². The smallest absolute Gasteiger partial charge is 0.251 e. The Labute approximate surface area is 115 Å². The van der Waals surface area contributed by atoms with Gasteiger partial charge in [0.05, 0.1) is 0 Å². The fourth-order valence-electron chi connectivity index (χ4n) is 2.45. The first-order valence-corrected chi connectivity index (χ1v) is 7.02. The number of hydrogen-bond acceptors (Lipinski definition) is 3. The summed E-state index contributed by atoms with van der Waals surface area (Å²) in [4.78, 5) is 14.4. The second kappa shape index (κ2) is 6.68. The van der Waals surface area contributed by atoms with Gasteiger partial charge in [-0.05, 0) is 50.6 Å². The summed E-state index contributed by atoms with van der Waals surface area (Å²) in [5.41, 5.74) is 7.28. The van der Waals surface area contributed by atoms with E-state index in [0.717, 1.165) is 18.7 Å². The summed E-state index contributed by atoms with van der Waals surface area (Å²) in [6.45, 7) is 5.69. The molecular weight excluding hydrogens is 238 g/mol. The zero-order valence-electron chi connectivity index (χ0n) is 11.6. The van der Waals surface area contributed by atoms with E-state index in [-0.39, 0.29) is 5.91 Å². The molecule has 0 aromatic heterocycles. The van der Waals surface area contributed by atoms with E-state index in [0.29, 0.717) is 24.7 Å². The minimum Gasteiger partial charge on any atom is -0.350 e. The first-order valence-electron chi connectivity index (χ1n) is 7.02. The fraction of sp³-hybridized carbons (Fsp3) is 0.533. The quantitative estimate of drug-likeness (QED) is 0.841. The third kappa shape index (κ3) is 3.78. The van der Waals surface area contributed by atoms with Gasteiger partial charge in [0.1, 0.15) is 0 Å². The van der Waals surface area contributed by atoms with Crippen LogP contribution in [0.2, 0.25) is 0 Å². The van der Waals surface area contributed by atoms with Crippen LogP contribution in [0.15, 0.2) is 24.3 Å². The molecule has 4 nitrogen and oxygen atoms in total. The minimum atomic E-state index is -0.00498. The number of carbonyl (C=O) groups excluding carboxylic acids is 1. The number of nitrogens with one attached hydrogen (secondary N) is 1. The van der Waals surface area contributed by atoms with Gasteiger partial charge in [0.15, 0.2) is 0 Å². The largest absolute Gasteiger partial charge is 0.350 e. The molecule has 2 rings (SSSR count). The number of hydrogen-bond donors (Lipinski definition) is 2. The highest BCUT2D eigenvalue weighted by molar-refractivity contribution is 5.94. The van der Waals surface area contributed by atoms with Gasteiger partial charge in [-0.25, -0.2) is 0 Å². The average Bonchev–Trinajstić information content (AvgIpc) is 2.98. The molecule has 0 radical (unpaired) electrons. The van der Waals surface area contributed by atoms with Crippen LogP contribution < -0.4 is 11.1 Å². The lowest BCUT2D eigenvalue weighted by Gasteiger charge is -2.23. The highest BCUT2D eigenvalue weighted by Gasteiger charge is 2.18. The molecule has 0 spiro atoms. The maximum absolute atomic E-state index is 12.0. The van der Waals surface area contributed by atoms with E-state index >= 15 is 0 Å². The lowest BCUT2D eigenvalue weighted by Crippen LogP contribution is -2.40. The van der Waals surface area contributed by atoms with Crippen molar-refractivity contribution in [2.75, 3.05) is 19.6 Å². The number of carbonyl (C=O) groups is 1. The third-order valence-electron chi connectivity index (χ3n) is 3.77. The van der Waals surface area contributed by atoms with Crippen molar-refractivity contribution in [1.29, 1.82) is 0 Å². The fourth-order valence-corrected chi connectivity index (χ4v) is 2.45. The molecule has 1 amide bonds. The molecule has 3 N–H and O–H groups in total. The van der Waals surface area contributed by atoms with Gasteiger partial charge in [-0.1, -0.05) is 12.1 Å². The minimum absolute atomic E-state index is 0.00498. The summed E-state index contributed by atoms with van der Waals surface area (Å²) < 4.78 is 0. The Morgan fingerprint density at radius 3 is 2.53 bits per heavy atom. The number of nitrogens with two attached hydrogens (primary N) is 1. The predicted molar refractivity (Wildman–Crippen MR) is 76.9 cm³/mol. The molecular formula is C15H23N3O. The zero-order chi connectivity index (χ0) is 13.7. The standard InChI is InChI=1S/C15H23N3O/c1-12(18-8-2-3-9-18)11-17-15(19)14-6-4-13(10-16)5-7-14/h4-7,12H,2-3,8-11,16H2,1H3,(H,17,19). The van der Waals surface area contributed by atoms with Crippen molar-refractivity contribution in [3.63, 3.8) is 0 Å². The van der Waals surface area contributed by atoms with Gasteiger partial charge < -0.3 is 11.1 Å². The number of nitrogens with zero attached hydrogens (tertiary/aromatic N) is 1. The Bertz CT molecular complexity index is 410. The Morgan fingerprint density at radius 1 is 1.32 bits per heavy atom. The van der Waals surface area contributed by atoms with Crippen LogP contribution in [0.5, 0.6) is 0 Å². The van der Waals surface area contributed by atoms with E-state index in [1.165, 1.54) is 12.8 Å². The van der Waals surface area contributed by atoms with Gasteiger partial charge in [0, 0.05) is 24.7 Å². The number of benzene rings is 1. The molecule has 0 saturated carbocycles. The van der Waals surface area contributed by atoms with E-state index in [1.54, 1.807) is 0 Å². The van der Waals surface area contributed by atoms with Crippen molar-refractivity contribution in [1.82, 2.24) is 10.2 Å². The maximum Gasteiger partial charge on any atom is 0.251 e. The van der Waals surface area contributed by atoms with Crippen LogP contribution in [0.25, 0.3) is 0 Å². The Kier molecular flexibility index (Phi) is 4.93. The van der Waals surface area contributed by atoms with Crippen LogP contribution in [-0.4, -0.2) is 36.5 Å². The topological polar surface area (TPSA) is 58.4 Å². The molecule has 1 aliphatic heterocycles.